The average molecular weight is 420 g/mol. The molecule has 0 fully saturated rings. The van der Waals surface area contributed by atoms with Gasteiger partial charge >= 0.3 is 6.03 Å². The van der Waals surface area contributed by atoms with E-state index in [0.29, 0.717) is 23.4 Å². The highest BCUT2D eigenvalue weighted by Gasteiger charge is 2.29. The summed E-state index contributed by atoms with van der Waals surface area (Å²) < 4.78 is 18.7. The molecule has 1 atom stereocenters. The van der Waals surface area contributed by atoms with Crippen LogP contribution in [-0.4, -0.2) is 42.9 Å². The topological polar surface area (TPSA) is 112 Å². The zero-order valence-corrected chi connectivity index (χ0v) is 16.4. The maximum absolute atomic E-state index is 13.5. The average Bonchev–Trinajstić information content (AvgIpc) is 3.07. The van der Waals surface area contributed by atoms with Gasteiger partial charge in [-0.2, -0.15) is 5.26 Å². The van der Waals surface area contributed by atoms with Crippen LogP contribution in [0.3, 0.4) is 0 Å². The number of fused-ring (bicyclic) bond motifs is 1. The lowest BCUT2D eigenvalue weighted by molar-refractivity contribution is -0.108. The van der Waals surface area contributed by atoms with Crippen molar-refractivity contribution in [2.24, 2.45) is 0 Å². The molecular formula is C22H17FN4O4. The van der Waals surface area contributed by atoms with E-state index < -0.39 is 17.9 Å². The molecule has 0 spiro atoms. The number of halogens is 1. The number of urea groups is 1. The molecule has 9 heteroatoms. The van der Waals surface area contributed by atoms with Crippen molar-refractivity contribution in [3.05, 3.63) is 64.5 Å². The Morgan fingerprint density at radius 1 is 1.35 bits per heavy atom. The Bertz CT molecular complexity index is 1150. The van der Waals surface area contributed by atoms with Gasteiger partial charge in [0.1, 0.15) is 23.7 Å². The first-order valence-corrected chi connectivity index (χ1v) is 9.13. The summed E-state index contributed by atoms with van der Waals surface area (Å²) in [7, 11) is 1.51. The summed E-state index contributed by atoms with van der Waals surface area (Å²) in [6.07, 6.45) is 0.224. The second-order valence-electron chi connectivity index (χ2n) is 6.57. The summed E-state index contributed by atoms with van der Waals surface area (Å²) in [6, 6.07) is 9.11. The van der Waals surface area contributed by atoms with Crippen LogP contribution in [0.5, 0.6) is 5.75 Å². The number of hydrogen-bond acceptors (Lipinski definition) is 5. The molecule has 0 saturated heterocycles. The number of nitriles is 1. The molecule has 0 radical (unpaired) electrons. The monoisotopic (exact) mass is 420 g/mol. The van der Waals surface area contributed by atoms with Gasteiger partial charge in [-0.3, -0.25) is 14.9 Å². The molecule has 31 heavy (non-hydrogen) atoms. The summed E-state index contributed by atoms with van der Waals surface area (Å²) in [5.74, 6) is 5.22. The maximum Gasteiger partial charge on any atom is 0.322 e. The van der Waals surface area contributed by atoms with Crippen molar-refractivity contribution < 1.29 is 23.5 Å². The minimum atomic E-state index is -0.837. The molecule has 156 valence electrons. The second-order valence-corrected chi connectivity index (χ2v) is 6.57. The van der Waals surface area contributed by atoms with Crippen molar-refractivity contribution in [3.8, 4) is 23.7 Å². The van der Waals surface area contributed by atoms with E-state index in [0.717, 1.165) is 11.6 Å². The molecular weight excluding hydrogens is 403 g/mol. The number of nitrogens with zero attached hydrogens (tertiary/aromatic N) is 2. The predicted octanol–water partition coefficient (Wildman–Crippen LogP) is 1.54. The van der Waals surface area contributed by atoms with E-state index in [9.17, 15) is 18.8 Å². The Hall–Kier alpha value is -4.37. The van der Waals surface area contributed by atoms with Crippen molar-refractivity contribution in [1.82, 2.24) is 15.5 Å². The molecule has 3 rings (SSSR count). The Balaban J connectivity index is 1.82. The molecule has 0 saturated carbocycles. The van der Waals surface area contributed by atoms with E-state index in [1.165, 1.54) is 24.1 Å². The number of ether oxygens (including phenoxy) is 1. The van der Waals surface area contributed by atoms with Crippen LogP contribution in [0.2, 0.25) is 0 Å². The number of hydrogen-bond donors (Lipinski definition) is 2. The predicted molar refractivity (Wildman–Crippen MR) is 107 cm³/mol. The number of carbonyl (C=O) groups is 3. The summed E-state index contributed by atoms with van der Waals surface area (Å²) in [4.78, 5) is 36.6. The van der Waals surface area contributed by atoms with E-state index in [2.05, 4.69) is 17.2 Å². The van der Waals surface area contributed by atoms with Gasteiger partial charge < -0.3 is 15.0 Å². The molecule has 1 heterocycles. The smallest absolute Gasteiger partial charge is 0.322 e. The Labute approximate surface area is 177 Å². The van der Waals surface area contributed by atoms with Crippen molar-refractivity contribution in [1.29, 1.82) is 5.26 Å². The first-order valence-electron chi connectivity index (χ1n) is 9.13. The van der Waals surface area contributed by atoms with Crippen LogP contribution in [-0.2, 0) is 11.3 Å². The SMILES string of the molecule is COc1ccc2c(c1)C(=O)N(C[C@@H](C#Cc1ccc(F)c(C#N)c1)NC(=O)NC=O)C2. The fourth-order valence-corrected chi connectivity index (χ4v) is 3.08. The number of amides is 4. The van der Waals surface area contributed by atoms with E-state index in [-0.39, 0.29) is 24.4 Å². The standard InChI is InChI=1S/C22H17FN4O4/c1-31-18-6-4-15-11-27(21(29)19(15)9-18)12-17(26-22(30)25-13-28)5-2-14-3-7-20(23)16(8-14)10-24/h3-4,6-9,13,17H,11-12H2,1H3,(H2,25,26,28,30)/t17-/m1/s1. The first kappa shape index (κ1) is 21.3. The zero-order valence-electron chi connectivity index (χ0n) is 16.4. The quantitative estimate of drug-likeness (QED) is 0.563. The molecule has 0 unspecified atom stereocenters. The van der Waals surface area contributed by atoms with Crippen molar-refractivity contribution >= 4 is 18.3 Å². The molecule has 1 aliphatic rings. The maximum atomic E-state index is 13.5. The van der Waals surface area contributed by atoms with Crippen molar-refractivity contribution in [2.45, 2.75) is 12.6 Å². The lowest BCUT2D eigenvalue weighted by Gasteiger charge is -2.21. The molecule has 2 N–H and O–H groups in total. The largest absolute Gasteiger partial charge is 0.497 e. The Morgan fingerprint density at radius 2 is 2.16 bits per heavy atom. The number of methoxy groups -OCH3 is 1. The van der Waals surface area contributed by atoms with E-state index in [4.69, 9.17) is 10.00 Å². The number of carbonyl (C=O) groups excluding carboxylic acids is 3. The van der Waals surface area contributed by atoms with Gasteiger partial charge in [-0.25, -0.2) is 9.18 Å². The lowest BCUT2D eigenvalue weighted by Crippen LogP contribution is -2.46. The van der Waals surface area contributed by atoms with Crippen LogP contribution >= 0.6 is 0 Å². The fraction of sp³-hybridized carbons (Fsp3) is 0.182. The fourth-order valence-electron chi connectivity index (χ4n) is 3.08. The highest BCUT2D eigenvalue weighted by atomic mass is 19.1. The van der Waals surface area contributed by atoms with Crippen LogP contribution < -0.4 is 15.4 Å². The van der Waals surface area contributed by atoms with Crippen LogP contribution in [0.15, 0.2) is 36.4 Å². The van der Waals surface area contributed by atoms with Crippen LogP contribution in [0.4, 0.5) is 9.18 Å². The highest BCUT2D eigenvalue weighted by Crippen LogP contribution is 2.26. The number of nitrogens with one attached hydrogen (secondary N) is 2. The summed E-state index contributed by atoms with van der Waals surface area (Å²) in [5.41, 5.74) is 1.52. The third-order valence-electron chi connectivity index (χ3n) is 4.57. The minimum absolute atomic E-state index is 0.0431. The number of benzene rings is 2. The van der Waals surface area contributed by atoms with E-state index in [1.54, 1.807) is 24.3 Å². The lowest BCUT2D eigenvalue weighted by atomic mass is 10.1. The van der Waals surface area contributed by atoms with E-state index >= 15 is 0 Å². The molecule has 2 aromatic carbocycles. The number of rotatable bonds is 5. The van der Waals surface area contributed by atoms with Gasteiger partial charge in [0, 0.05) is 17.7 Å². The van der Waals surface area contributed by atoms with Gasteiger partial charge in [-0.15, -0.1) is 0 Å². The molecule has 4 amide bonds. The summed E-state index contributed by atoms with van der Waals surface area (Å²) in [5, 5.41) is 13.4. The third kappa shape index (κ3) is 4.98. The van der Waals surface area contributed by atoms with Gasteiger partial charge in [0.2, 0.25) is 6.41 Å². The van der Waals surface area contributed by atoms with Crippen molar-refractivity contribution in [3.63, 3.8) is 0 Å². The molecule has 1 aliphatic heterocycles. The Morgan fingerprint density at radius 3 is 2.87 bits per heavy atom. The van der Waals surface area contributed by atoms with Crippen LogP contribution in [0.1, 0.15) is 27.0 Å². The van der Waals surface area contributed by atoms with Crippen molar-refractivity contribution in [2.75, 3.05) is 13.7 Å². The third-order valence-corrected chi connectivity index (χ3v) is 4.57. The summed E-state index contributed by atoms with van der Waals surface area (Å²) in [6.45, 7) is 0.365. The Kier molecular flexibility index (Phi) is 6.48. The van der Waals surface area contributed by atoms with E-state index in [1.807, 2.05) is 5.32 Å². The van der Waals surface area contributed by atoms with Gasteiger partial charge in [-0.1, -0.05) is 17.9 Å². The number of imide groups is 1. The second kappa shape index (κ2) is 9.42. The van der Waals surface area contributed by atoms with Gasteiger partial charge in [0.15, 0.2) is 0 Å². The van der Waals surface area contributed by atoms with Gasteiger partial charge in [0.25, 0.3) is 5.91 Å². The molecule has 0 aliphatic carbocycles. The molecule has 8 nitrogen and oxygen atoms in total. The molecule has 0 bridgehead atoms. The van der Waals surface area contributed by atoms with Crippen LogP contribution in [0, 0.1) is 29.0 Å². The summed E-state index contributed by atoms with van der Waals surface area (Å²) >= 11 is 0. The normalized spacial score (nSPS) is 12.7. The van der Waals surface area contributed by atoms with Gasteiger partial charge in [-0.05, 0) is 35.9 Å². The minimum Gasteiger partial charge on any atom is -0.497 e. The first-order chi connectivity index (χ1) is 14.9. The molecule has 2 aromatic rings. The van der Waals surface area contributed by atoms with Crippen LogP contribution in [0.25, 0.3) is 0 Å². The highest BCUT2D eigenvalue weighted by molar-refractivity contribution is 5.98. The zero-order chi connectivity index (χ0) is 22.4. The molecule has 0 aromatic heterocycles. The van der Waals surface area contributed by atoms with Gasteiger partial charge in [0.05, 0.1) is 19.2 Å².